The molecule has 1 fully saturated rings. The van der Waals surface area contributed by atoms with E-state index >= 15 is 0 Å². The van der Waals surface area contributed by atoms with Gasteiger partial charge in [0.15, 0.2) is 0 Å². The topological polar surface area (TPSA) is 104 Å². The summed E-state index contributed by atoms with van der Waals surface area (Å²) in [5.41, 5.74) is 0.295. The number of piperidine rings is 1. The minimum absolute atomic E-state index is 0.0138. The molecule has 1 aliphatic rings. The molecule has 2 atom stereocenters. The van der Waals surface area contributed by atoms with Crippen LogP contribution in [0.4, 0.5) is 0 Å². The number of benzene rings is 1. The summed E-state index contributed by atoms with van der Waals surface area (Å²) in [6, 6.07) is 5.73. The van der Waals surface area contributed by atoms with Gasteiger partial charge < -0.3 is 10.4 Å². The molecular formula is C17H24N2O5S. The number of hydrogen-bond acceptors (Lipinski definition) is 4. The summed E-state index contributed by atoms with van der Waals surface area (Å²) in [7, 11) is -3.55. The summed E-state index contributed by atoms with van der Waals surface area (Å²) in [4.78, 5) is 22.9. The third kappa shape index (κ3) is 4.79. The molecular weight excluding hydrogens is 344 g/mol. The average molecular weight is 368 g/mol. The smallest absolute Gasteiger partial charge is 0.308 e. The number of sulfonamides is 1. The van der Waals surface area contributed by atoms with E-state index in [1.807, 2.05) is 6.92 Å². The fourth-order valence-electron chi connectivity index (χ4n) is 2.73. The molecule has 0 bridgehead atoms. The molecule has 2 rings (SSSR count). The molecule has 25 heavy (non-hydrogen) atoms. The number of nitrogens with one attached hydrogen (secondary N) is 1. The lowest BCUT2D eigenvalue weighted by atomic mass is 10.0. The minimum atomic E-state index is -3.55. The summed E-state index contributed by atoms with van der Waals surface area (Å²) in [5.74, 6) is -1.77. The molecule has 1 aromatic carbocycles. The number of nitrogens with zero attached hydrogens (tertiary/aromatic N) is 1. The van der Waals surface area contributed by atoms with Crippen LogP contribution in [0.2, 0.25) is 0 Å². The number of amides is 1. The lowest BCUT2D eigenvalue weighted by Gasteiger charge is -2.30. The Labute approximate surface area is 148 Å². The zero-order valence-electron chi connectivity index (χ0n) is 14.4. The van der Waals surface area contributed by atoms with Gasteiger partial charge in [0.05, 0.1) is 10.8 Å². The van der Waals surface area contributed by atoms with Crippen LogP contribution in [0, 0.1) is 11.8 Å². The fourth-order valence-corrected chi connectivity index (χ4v) is 4.33. The normalized spacial score (nSPS) is 20.0. The highest BCUT2D eigenvalue weighted by Crippen LogP contribution is 2.23. The van der Waals surface area contributed by atoms with Gasteiger partial charge in [0.25, 0.3) is 5.91 Å². The Hall–Kier alpha value is -1.93. The molecule has 0 aliphatic carbocycles. The highest BCUT2D eigenvalue weighted by atomic mass is 32.2. The standard InChI is InChI=1S/C17H24N2O5S/c1-12-4-3-9-19(11-12)25(23,24)15-7-5-14(6-8-15)16(20)18-10-13(2)17(21)22/h5-8,12-13H,3-4,9-11H2,1-2H3,(H,18,20)(H,21,22). The third-order valence-corrected chi connectivity index (χ3v) is 6.24. The van der Waals surface area contributed by atoms with Gasteiger partial charge in [-0.25, -0.2) is 8.42 Å². The molecule has 1 aliphatic heterocycles. The number of aliphatic carboxylic acids is 1. The number of carboxylic acids is 1. The van der Waals surface area contributed by atoms with Crippen LogP contribution in [0.15, 0.2) is 29.2 Å². The fraction of sp³-hybridized carbons (Fsp3) is 0.529. The quantitative estimate of drug-likeness (QED) is 0.793. The summed E-state index contributed by atoms with van der Waals surface area (Å²) >= 11 is 0. The van der Waals surface area contributed by atoms with Gasteiger partial charge in [-0.3, -0.25) is 9.59 Å². The Bertz CT molecular complexity index is 730. The maximum atomic E-state index is 12.7. The second-order valence-corrected chi connectivity index (χ2v) is 8.52. The highest BCUT2D eigenvalue weighted by molar-refractivity contribution is 7.89. The summed E-state index contributed by atoms with van der Waals surface area (Å²) in [6.07, 6.45) is 1.88. The van der Waals surface area contributed by atoms with Crippen molar-refractivity contribution in [2.75, 3.05) is 19.6 Å². The van der Waals surface area contributed by atoms with Crippen LogP contribution >= 0.6 is 0 Å². The van der Waals surface area contributed by atoms with E-state index in [9.17, 15) is 18.0 Å². The van der Waals surface area contributed by atoms with Crippen molar-refractivity contribution in [2.45, 2.75) is 31.6 Å². The Morgan fingerprint density at radius 3 is 2.52 bits per heavy atom. The molecule has 8 heteroatoms. The molecule has 0 saturated carbocycles. The van der Waals surface area contributed by atoms with Crippen molar-refractivity contribution in [3.05, 3.63) is 29.8 Å². The monoisotopic (exact) mass is 368 g/mol. The van der Waals surface area contributed by atoms with Crippen LogP contribution in [-0.2, 0) is 14.8 Å². The second-order valence-electron chi connectivity index (χ2n) is 6.58. The maximum Gasteiger partial charge on any atom is 0.308 e. The molecule has 0 spiro atoms. The number of carbonyl (C=O) groups excluding carboxylic acids is 1. The van der Waals surface area contributed by atoms with Crippen LogP contribution in [0.5, 0.6) is 0 Å². The second kappa shape index (κ2) is 7.97. The Morgan fingerprint density at radius 1 is 1.32 bits per heavy atom. The van der Waals surface area contributed by atoms with Gasteiger partial charge in [-0.15, -0.1) is 0 Å². The molecule has 1 aromatic rings. The van der Waals surface area contributed by atoms with Crippen molar-refractivity contribution in [1.82, 2.24) is 9.62 Å². The largest absolute Gasteiger partial charge is 0.481 e. The molecule has 0 aromatic heterocycles. The molecule has 1 heterocycles. The van der Waals surface area contributed by atoms with Crippen molar-refractivity contribution in [1.29, 1.82) is 0 Å². The van der Waals surface area contributed by atoms with E-state index in [-0.39, 0.29) is 11.4 Å². The zero-order chi connectivity index (χ0) is 18.6. The predicted octanol–water partition coefficient (Wildman–Crippen LogP) is 1.56. The first-order chi connectivity index (χ1) is 11.7. The highest BCUT2D eigenvalue weighted by Gasteiger charge is 2.28. The van der Waals surface area contributed by atoms with Crippen LogP contribution in [0.25, 0.3) is 0 Å². The van der Waals surface area contributed by atoms with Crippen LogP contribution in [0.1, 0.15) is 37.0 Å². The average Bonchev–Trinajstić information content (AvgIpc) is 2.59. The predicted molar refractivity (Wildman–Crippen MR) is 92.7 cm³/mol. The van der Waals surface area contributed by atoms with Crippen molar-refractivity contribution >= 4 is 21.9 Å². The van der Waals surface area contributed by atoms with E-state index < -0.39 is 27.8 Å². The molecule has 138 valence electrons. The van der Waals surface area contributed by atoms with E-state index in [4.69, 9.17) is 5.11 Å². The zero-order valence-corrected chi connectivity index (χ0v) is 15.3. The molecule has 2 unspecified atom stereocenters. The van der Waals surface area contributed by atoms with E-state index in [1.165, 1.54) is 35.5 Å². The van der Waals surface area contributed by atoms with Crippen LogP contribution in [0.3, 0.4) is 0 Å². The lowest BCUT2D eigenvalue weighted by Crippen LogP contribution is -2.39. The van der Waals surface area contributed by atoms with Crippen molar-refractivity contribution in [3.8, 4) is 0 Å². The summed E-state index contributed by atoms with van der Waals surface area (Å²) < 4.78 is 26.8. The number of carbonyl (C=O) groups is 2. The number of carboxylic acid groups (broad SMARTS) is 1. The molecule has 1 saturated heterocycles. The maximum absolute atomic E-state index is 12.7. The van der Waals surface area contributed by atoms with E-state index in [1.54, 1.807) is 0 Å². The first-order valence-electron chi connectivity index (χ1n) is 8.33. The summed E-state index contributed by atoms with van der Waals surface area (Å²) in [6.45, 7) is 4.57. The van der Waals surface area contributed by atoms with Gasteiger partial charge in [0.1, 0.15) is 0 Å². The first kappa shape index (κ1) is 19.4. The Morgan fingerprint density at radius 2 is 1.96 bits per heavy atom. The van der Waals surface area contributed by atoms with Crippen molar-refractivity contribution in [3.63, 3.8) is 0 Å². The van der Waals surface area contributed by atoms with Gasteiger partial charge in [-0.1, -0.05) is 13.8 Å². The molecule has 2 N–H and O–H groups in total. The number of rotatable bonds is 6. The van der Waals surface area contributed by atoms with Gasteiger partial charge in [0.2, 0.25) is 10.0 Å². The summed E-state index contributed by atoms with van der Waals surface area (Å²) in [5, 5.41) is 11.3. The van der Waals surface area contributed by atoms with E-state index in [0.717, 1.165) is 12.8 Å². The lowest BCUT2D eigenvalue weighted by molar-refractivity contribution is -0.140. The van der Waals surface area contributed by atoms with Crippen LogP contribution in [-0.4, -0.2) is 49.3 Å². The van der Waals surface area contributed by atoms with E-state index in [2.05, 4.69) is 5.32 Å². The van der Waals surface area contributed by atoms with E-state index in [0.29, 0.717) is 24.6 Å². The Kier molecular flexibility index (Phi) is 6.18. The van der Waals surface area contributed by atoms with Gasteiger partial charge in [-0.05, 0) is 43.0 Å². The Balaban J connectivity index is 2.06. The molecule has 0 radical (unpaired) electrons. The van der Waals surface area contributed by atoms with Gasteiger partial charge >= 0.3 is 5.97 Å². The molecule has 1 amide bonds. The third-order valence-electron chi connectivity index (χ3n) is 4.36. The SMILES string of the molecule is CC1CCCN(S(=O)(=O)c2ccc(C(=O)NCC(C)C(=O)O)cc2)C1. The van der Waals surface area contributed by atoms with Crippen molar-refractivity contribution < 1.29 is 23.1 Å². The van der Waals surface area contributed by atoms with Gasteiger partial charge in [0, 0.05) is 25.2 Å². The minimum Gasteiger partial charge on any atom is -0.481 e. The van der Waals surface area contributed by atoms with Crippen molar-refractivity contribution in [2.24, 2.45) is 11.8 Å². The van der Waals surface area contributed by atoms with Crippen LogP contribution < -0.4 is 5.32 Å². The number of hydrogen-bond donors (Lipinski definition) is 2. The first-order valence-corrected chi connectivity index (χ1v) is 9.77. The van der Waals surface area contributed by atoms with Gasteiger partial charge in [-0.2, -0.15) is 4.31 Å². The molecule has 7 nitrogen and oxygen atoms in total.